The van der Waals surface area contributed by atoms with Gasteiger partial charge in [0.05, 0.1) is 12.6 Å². The van der Waals surface area contributed by atoms with Crippen LogP contribution >= 0.6 is 11.6 Å². The zero-order valence-electron chi connectivity index (χ0n) is 10.2. The van der Waals surface area contributed by atoms with Crippen LogP contribution in [0.25, 0.3) is 0 Å². The third kappa shape index (κ3) is 2.66. The number of rotatable bonds is 2. The van der Waals surface area contributed by atoms with Crippen LogP contribution in [0.4, 0.5) is 10.1 Å². The van der Waals surface area contributed by atoms with Crippen LogP contribution in [0, 0.1) is 5.82 Å². The molecule has 4 heteroatoms. The monoisotopic (exact) mass is 277 g/mol. The molecule has 2 nitrogen and oxygen atoms in total. The summed E-state index contributed by atoms with van der Waals surface area (Å²) in [5.74, 6) is 0.495. The number of nitrogens with one attached hydrogen (secondary N) is 1. The fourth-order valence-corrected chi connectivity index (χ4v) is 2.48. The van der Waals surface area contributed by atoms with Gasteiger partial charge < -0.3 is 10.1 Å². The van der Waals surface area contributed by atoms with Crippen LogP contribution < -0.4 is 10.1 Å². The second kappa shape index (κ2) is 5.10. The predicted octanol–water partition coefficient (Wildman–Crippen LogP) is 4.41. The molecule has 0 radical (unpaired) electrons. The smallest absolute Gasteiger partial charge is 0.124 e. The second-order valence-electron chi connectivity index (χ2n) is 4.53. The average Bonchev–Trinajstić information content (AvgIpc) is 2.39. The maximum atomic E-state index is 13.4. The van der Waals surface area contributed by atoms with E-state index >= 15 is 0 Å². The normalized spacial score (nSPS) is 17.5. The molecular weight excluding hydrogens is 265 g/mol. The molecule has 0 bridgehead atoms. The number of benzene rings is 2. The van der Waals surface area contributed by atoms with Gasteiger partial charge in [-0.3, -0.25) is 0 Å². The van der Waals surface area contributed by atoms with Gasteiger partial charge in [0.25, 0.3) is 0 Å². The molecule has 19 heavy (non-hydrogen) atoms. The zero-order valence-corrected chi connectivity index (χ0v) is 11.0. The molecule has 0 spiro atoms. The first-order chi connectivity index (χ1) is 9.22. The first-order valence-corrected chi connectivity index (χ1v) is 6.54. The van der Waals surface area contributed by atoms with Crippen molar-refractivity contribution in [2.75, 3.05) is 11.9 Å². The van der Waals surface area contributed by atoms with Crippen LogP contribution in [0.15, 0.2) is 42.5 Å². The maximum Gasteiger partial charge on any atom is 0.124 e. The van der Waals surface area contributed by atoms with Gasteiger partial charge in [0.1, 0.15) is 11.6 Å². The lowest BCUT2D eigenvalue weighted by Crippen LogP contribution is -2.20. The number of halogens is 2. The summed E-state index contributed by atoms with van der Waals surface area (Å²) in [7, 11) is 0. The third-order valence-corrected chi connectivity index (χ3v) is 3.41. The summed E-state index contributed by atoms with van der Waals surface area (Å²) in [5.41, 5.74) is 1.78. The number of ether oxygens (including phenoxy) is 1. The van der Waals surface area contributed by atoms with Crippen molar-refractivity contribution in [1.82, 2.24) is 0 Å². The van der Waals surface area contributed by atoms with Gasteiger partial charge in [-0.05, 0) is 36.4 Å². The Morgan fingerprint density at radius 3 is 2.95 bits per heavy atom. The van der Waals surface area contributed by atoms with Crippen molar-refractivity contribution in [2.45, 2.75) is 12.5 Å². The van der Waals surface area contributed by atoms with Crippen molar-refractivity contribution in [3.8, 4) is 5.75 Å². The van der Waals surface area contributed by atoms with Crippen LogP contribution in [-0.4, -0.2) is 6.61 Å². The SMILES string of the molecule is Fc1ccc2c(c1)C(Nc1cccc(Cl)c1)CCO2. The molecule has 3 rings (SSSR count). The van der Waals surface area contributed by atoms with Gasteiger partial charge in [0.15, 0.2) is 0 Å². The molecule has 0 aliphatic carbocycles. The highest BCUT2D eigenvalue weighted by molar-refractivity contribution is 6.30. The third-order valence-electron chi connectivity index (χ3n) is 3.18. The summed E-state index contributed by atoms with van der Waals surface area (Å²) in [6.45, 7) is 0.622. The zero-order chi connectivity index (χ0) is 13.2. The van der Waals surface area contributed by atoms with E-state index in [-0.39, 0.29) is 11.9 Å². The molecule has 0 amide bonds. The maximum absolute atomic E-state index is 13.4. The van der Waals surface area contributed by atoms with Crippen molar-refractivity contribution < 1.29 is 9.13 Å². The number of fused-ring (bicyclic) bond motifs is 1. The van der Waals surface area contributed by atoms with Gasteiger partial charge in [-0.25, -0.2) is 4.39 Å². The predicted molar refractivity (Wildman–Crippen MR) is 74.3 cm³/mol. The van der Waals surface area contributed by atoms with Crippen molar-refractivity contribution in [3.05, 3.63) is 58.9 Å². The summed E-state index contributed by atoms with van der Waals surface area (Å²) in [4.78, 5) is 0. The Morgan fingerprint density at radius 1 is 1.21 bits per heavy atom. The highest BCUT2D eigenvalue weighted by Crippen LogP contribution is 2.35. The molecule has 1 aliphatic rings. The molecule has 1 heterocycles. The average molecular weight is 278 g/mol. The minimum Gasteiger partial charge on any atom is -0.493 e. The Balaban J connectivity index is 1.89. The van der Waals surface area contributed by atoms with Crippen LogP contribution in [0.1, 0.15) is 18.0 Å². The number of anilines is 1. The van der Waals surface area contributed by atoms with Gasteiger partial charge in [-0.2, -0.15) is 0 Å². The van der Waals surface area contributed by atoms with Crippen molar-refractivity contribution in [1.29, 1.82) is 0 Å². The number of hydrogen-bond donors (Lipinski definition) is 1. The topological polar surface area (TPSA) is 21.3 Å². The lowest BCUT2D eigenvalue weighted by atomic mass is 10.00. The summed E-state index contributed by atoms with van der Waals surface area (Å²) < 4.78 is 18.9. The first-order valence-electron chi connectivity index (χ1n) is 6.17. The van der Waals surface area contributed by atoms with E-state index < -0.39 is 0 Å². The molecule has 1 aliphatic heterocycles. The number of hydrogen-bond acceptors (Lipinski definition) is 2. The molecule has 1 unspecified atom stereocenters. The minimum atomic E-state index is -0.248. The molecule has 2 aromatic carbocycles. The van der Waals surface area contributed by atoms with E-state index in [0.29, 0.717) is 11.6 Å². The standard InChI is InChI=1S/C15H13ClFNO/c16-10-2-1-3-12(8-10)18-14-6-7-19-15-5-4-11(17)9-13(14)15/h1-5,8-9,14,18H,6-7H2. The molecule has 98 valence electrons. The van der Waals surface area contributed by atoms with Crippen LogP contribution in [-0.2, 0) is 0 Å². The fraction of sp³-hybridized carbons (Fsp3) is 0.200. The Kier molecular flexibility index (Phi) is 3.30. The van der Waals surface area contributed by atoms with E-state index in [9.17, 15) is 4.39 Å². The van der Waals surface area contributed by atoms with Crippen LogP contribution in [0.3, 0.4) is 0 Å². The van der Waals surface area contributed by atoms with Crippen molar-refractivity contribution in [3.63, 3.8) is 0 Å². The van der Waals surface area contributed by atoms with Crippen molar-refractivity contribution in [2.24, 2.45) is 0 Å². The quantitative estimate of drug-likeness (QED) is 0.878. The minimum absolute atomic E-state index is 0.0397. The van der Waals surface area contributed by atoms with Gasteiger partial charge in [-0.15, -0.1) is 0 Å². The molecular formula is C15H13ClFNO. The molecule has 1 atom stereocenters. The molecule has 1 N–H and O–H groups in total. The lowest BCUT2D eigenvalue weighted by Gasteiger charge is -2.27. The van der Waals surface area contributed by atoms with E-state index in [4.69, 9.17) is 16.3 Å². The van der Waals surface area contributed by atoms with Crippen molar-refractivity contribution >= 4 is 17.3 Å². The second-order valence-corrected chi connectivity index (χ2v) is 4.96. The Bertz CT molecular complexity index is 602. The highest BCUT2D eigenvalue weighted by Gasteiger charge is 2.21. The van der Waals surface area contributed by atoms with Gasteiger partial charge in [-0.1, -0.05) is 17.7 Å². The van der Waals surface area contributed by atoms with Crippen LogP contribution in [0.5, 0.6) is 5.75 Å². The summed E-state index contributed by atoms with van der Waals surface area (Å²) in [5, 5.41) is 4.05. The van der Waals surface area contributed by atoms with E-state index in [1.54, 1.807) is 6.07 Å². The Morgan fingerprint density at radius 2 is 2.11 bits per heavy atom. The first kappa shape index (κ1) is 12.3. The lowest BCUT2D eigenvalue weighted by molar-refractivity contribution is 0.273. The van der Waals surface area contributed by atoms with Gasteiger partial charge in [0, 0.05) is 22.7 Å². The summed E-state index contributed by atoms with van der Waals surface area (Å²) in [6.07, 6.45) is 0.795. The van der Waals surface area contributed by atoms with E-state index in [2.05, 4.69) is 5.32 Å². The summed E-state index contributed by atoms with van der Waals surface area (Å²) >= 11 is 5.96. The molecule has 0 fully saturated rings. The molecule has 0 aromatic heterocycles. The molecule has 0 saturated heterocycles. The van der Waals surface area contributed by atoms with Gasteiger partial charge >= 0.3 is 0 Å². The summed E-state index contributed by atoms with van der Waals surface area (Å²) in [6, 6.07) is 12.2. The molecule has 2 aromatic rings. The largest absolute Gasteiger partial charge is 0.493 e. The van der Waals surface area contributed by atoms with E-state index in [0.717, 1.165) is 23.4 Å². The highest BCUT2D eigenvalue weighted by atomic mass is 35.5. The molecule has 0 saturated carbocycles. The van der Waals surface area contributed by atoms with Gasteiger partial charge in [0.2, 0.25) is 0 Å². The Hall–Kier alpha value is -1.74. The fourth-order valence-electron chi connectivity index (χ4n) is 2.29. The van der Waals surface area contributed by atoms with E-state index in [1.165, 1.54) is 12.1 Å². The van der Waals surface area contributed by atoms with Crippen LogP contribution in [0.2, 0.25) is 5.02 Å². The Labute approximate surface area is 116 Å². The van der Waals surface area contributed by atoms with E-state index in [1.807, 2.05) is 24.3 Å².